The number of aryl methyl sites for hydroxylation is 1. The lowest BCUT2D eigenvalue weighted by atomic mass is 10.1. The highest BCUT2D eigenvalue weighted by atomic mass is 35.5. The number of aliphatic hydroxyl groups excluding tert-OH is 1. The quantitative estimate of drug-likeness (QED) is 0.889. The minimum atomic E-state index is -0.621. The average Bonchev–Trinajstić information content (AvgIpc) is 2.40. The average molecular weight is 280 g/mol. The largest absolute Gasteiger partial charge is 0.387 e. The van der Waals surface area contributed by atoms with E-state index in [1.165, 1.54) is 12.1 Å². The van der Waals surface area contributed by atoms with Crippen LogP contribution in [-0.2, 0) is 0 Å². The molecule has 2 aromatic rings. The Morgan fingerprint density at radius 2 is 1.89 bits per heavy atom. The summed E-state index contributed by atoms with van der Waals surface area (Å²) in [6, 6.07) is 12.1. The van der Waals surface area contributed by atoms with E-state index in [1.807, 2.05) is 31.2 Å². The zero-order valence-corrected chi connectivity index (χ0v) is 11.3. The molecule has 0 aliphatic rings. The Labute approximate surface area is 116 Å². The molecule has 2 rings (SSSR count). The second-order valence-electron chi connectivity index (χ2n) is 4.44. The highest BCUT2D eigenvalue weighted by Crippen LogP contribution is 2.20. The first-order chi connectivity index (χ1) is 9.06. The number of aliphatic hydroxyl groups is 1. The molecule has 0 spiro atoms. The maximum Gasteiger partial charge on any atom is 0.141 e. The standard InChI is InChI=1S/C15H15ClFNO/c1-10-2-4-11(5-3-10)15(19)9-18-12-6-7-14(17)13(16)8-12/h2-8,15,18-19H,9H2,1H3. The predicted molar refractivity (Wildman–Crippen MR) is 76.0 cm³/mol. The molecule has 2 aromatic carbocycles. The molecule has 0 aliphatic heterocycles. The summed E-state index contributed by atoms with van der Waals surface area (Å²) < 4.78 is 13.0. The highest BCUT2D eigenvalue weighted by Gasteiger charge is 2.07. The maximum atomic E-state index is 13.0. The lowest BCUT2D eigenvalue weighted by molar-refractivity contribution is 0.191. The van der Waals surface area contributed by atoms with E-state index in [2.05, 4.69) is 5.32 Å². The van der Waals surface area contributed by atoms with Crippen molar-refractivity contribution < 1.29 is 9.50 Å². The summed E-state index contributed by atoms with van der Waals surface area (Å²) >= 11 is 5.69. The van der Waals surface area contributed by atoms with E-state index in [4.69, 9.17) is 11.6 Å². The van der Waals surface area contributed by atoms with Crippen LogP contribution in [0.5, 0.6) is 0 Å². The first-order valence-electron chi connectivity index (χ1n) is 6.00. The molecule has 0 bridgehead atoms. The van der Waals surface area contributed by atoms with E-state index in [-0.39, 0.29) is 5.02 Å². The fraction of sp³-hybridized carbons (Fsp3) is 0.200. The normalized spacial score (nSPS) is 12.2. The monoisotopic (exact) mass is 279 g/mol. The van der Waals surface area contributed by atoms with E-state index in [0.29, 0.717) is 12.2 Å². The summed E-state index contributed by atoms with van der Waals surface area (Å²) in [6.07, 6.45) is -0.621. The summed E-state index contributed by atoms with van der Waals surface area (Å²) in [5.74, 6) is -0.453. The number of anilines is 1. The lowest BCUT2D eigenvalue weighted by Crippen LogP contribution is -2.12. The molecule has 0 saturated heterocycles. The highest BCUT2D eigenvalue weighted by molar-refractivity contribution is 6.31. The van der Waals surface area contributed by atoms with Crippen LogP contribution in [0.1, 0.15) is 17.2 Å². The Balaban J connectivity index is 1.98. The van der Waals surface area contributed by atoms with Gasteiger partial charge in [-0.1, -0.05) is 41.4 Å². The van der Waals surface area contributed by atoms with Gasteiger partial charge in [0.15, 0.2) is 0 Å². The van der Waals surface area contributed by atoms with Crippen molar-refractivity contribution in [1.82, 2.24) is 0 Å². The zero-order chi connectivity index (χ0) is 13.8. The van der Waals surface area contributed by atoms with Gasteiger partial charge < -0.3 is 10.4 Å². The summed E-state index contributed by atoms with van der Waals surface area (Å²) in [7, 11) is 0. The van der Waals surface area contributed by atoms with Crippen molar-refractivity contribution in [3.63, 3.8) is 0 Å². The van der Waals surface area contributed by atoms with Crippen molar-refractivity contribution >= 4 is 17.3 Å². The second-order valence-corrected chi connectivity index (χ2v) is 4.84. The fourth-order valence-electron chi connectivity index (χ4n) is 1.73. The molecule has 0 amide bonds. The van der Waals surface area contributed by atoms with Gasteiger partial charge in [0.25, 0.3) is 0 Å². The molecule has 0 heterocycles. The SMILES string of the molecule is Cc1ccc(C(O)CNc2ccc(F)c(Cl)c2)cc1. The van der Waals surface area contributed by atoms with Gasteiger partial charge in [-0.3, -0.25) is 0 Å². The Morgan fingerprint density at radius 1 is 1.21 bits per heavy atom. The number of hydrogen-bond donors (Lipinski definition) is 2. The Bertz CT molecular complexity index is 557. The van der Waals surface area contributed by atoms with E-state index < -0.39 is 11.9 Å². The summed E-state index contributed by atoms with van der Waals surface area (Å²) in [4.78, 5) is 0. The van der Waals surface area contributed by atoms with Crippen LogP contribution in [0.3, 0.4) is 0 Å². The van der Waals surface area contributed by atoms with Gasteiger partial charge in [-0.2, -0.15) is 0 Å². The van der Waals surface area contributed by atoms with Crippen molar-refractivity contribution in [2.24, 2.45) is 0 Å². The molecule has 4 heteroatoms. The lowest BCUT2D eigenvalue weighted by Gasteiger charge is -2.13. The predicted octanol–water partition coefficient (Wildman–Crippen LogP) is 3.93. The number of rotatable bonds is 4. The molecule has 0 aliphatic carbocycles. The molecule has 0 fully saturated rings. The van der Waals surface area contributed by atoms with Crippen LogP contribution in [-0.4, -0.2) is 11.7 Å². The first-order valence-corrected chi connectivity index (χ1v) is 6.37. The molecule has 2 nitrogen and oxygen atoms in total. The van der Waals surface area contributed by atoms with Crippen molar-refractivity contribution in [2.75, 3.05) is 11.9 Å². The van der Waals surface area contributed by atoms with Crippen LogP contribution in [0, 0.1) is 12.7 Å². The third kappa shape index (κ3) is 3.69. The van der Waals surface area contributed by atoms with Crippen LogP contribution >= 0.6 is 11.6 Å². The molecule has 0 saturated carbocycles. The van der Waals surface area contributed by atoms with E-state index in [0.717, 1.165) is 11.1 Å². The molecule has 0 radical (unpaired) electrons. The van der Waals surface area contributed by atoms with E-state index >= 15 is 0 Å². The molecule has 1 atom stereocenters. The topological polar surface area (TPSA) is 32.3 Å². The second kappa shape index (κ2) is 6.04. The van der Waals surface area contributed by atoms with Crippen LogP contribution in [0.25, 0.3) is 0 Å². The summed E-state index contributed by atoms with van der Waals surface area (Å²) in [5, 5.41) is 13.1. The van der Waals surface area contributed by atoms with Crippen LogP contribution in [0.2, 0.25) is 5.02 Å². The molecule has 0 aromatic heterocycles. The van der Waals surface area contributed by atoms with Crippen molar-refractivity contribution in [2.45, 2.75) is 13.0 Å². The van der Waals surface area contributed by atoms with Gasteiger partial charge in [-0.05, 0) is 30.7 Å². The molecule has 1 unspecified atom stereocenters. The molecular formula is C15H15ClFNO. The number of hydrogen-bond acceptors (Lipinski definition) is 2. The Hall–Kier alpha value is -1.58. The van der Waals surface area contributed by atoms with Gasteiger partial charge >= 0.3 is 0 Å². The van der Waals surface area contributed by atoms with E-state index in [9.17, 15) is 9.50 Å². The maximum absolute atomic E-state index is 13.0. The van der Waals surface area contributed by atoms with Crippen molar-refractivity contribution in [3.05, 3.63) is 64.4 Å². The zero-order valence-electron chi connectivity index (χ0n) is 10.5. The third-order valence-electron chi connectivity index (χ3n) is 2.88. The Kier molecular flexibility index (Phi) is 4.40. The molecule has 2 N–H and O–H groups in total. The number of halogens is 2. The third-order valence-corrected chi connectivity index (χ3v) is 3.17. The molecular weight excluding hydrogens is 265 g/mol. The minimum Gasteiger partial charge on any atom is -0.387 e. The number of benzene rings is 2. The smallest absolute Gasteiger partial charge is 0.141 e. The van der Waals surface area contributed by atoms with Crippen LogP contribution < -0.4 is 5.32 Å². The van der Waals surface area contributed by atoms with Gasteiger partial charge in [0.05, 0.1) is 11.1 Å². The number of nitrogens with one attached hydrogen (secondary N) is 1. The molecule has 19 heavy (non-hydrogen) atoms. The fourth-order valence-corrected chi connectivity index (χ4v) is 1.91. The van der Waals surface area contributed by atoms with Gasteiger partial charge in [-0.25, -0.2) is 4.39 Å². The van der Waals surface area contributed by atoms with Gasteiger partial charge in [0.2, 0.25) is 0 Å². The Morgan fingerprint density at radius 3 is 2.53 bits per heavy atom. The first kappa shape index (κ1) is 13.8. The van der Waals surface area contributed by atoms with Gasteiger partial charge in [0.1, 0.15) is 5.82 Å². The molecule has 100 valence electrons. The van der Waals surface area contributed by atoms with Crippen molar-refractivity contribution in [1.29, 1.82) is 0 Å². The summed E-state index contributed by atoms with van der Waals surface area (Å²) in [5.41, 5.74) is 2.66. The minimum absolute atomic E-state index is 0.0647. The van der Waals surface area contributed by atoms with E-state index in [1.54, 1.807) is 6.07 Å². The van der Waals surface area contributed by atoms with Crippen molar-refractivity contribution in [3.8, 4) is 0 Å². The van der Waals surface area contributed by atoms with Gasteiger partial charge in [-0.15, -0.1) is 0 Å². The summed E-state index contributed by atoms with van der Waals surface area (Å²) in [6.45, 7) is 2.33. The van der Waals surface area contributed by atoms with Crippen LogP contribution in [0.4, 0.5) is 10.1 Å². The van der Waals surface area contributed by atoms with Gasteiger partial charge in [0, 0.05) is 12.2 Å². The van der Waals surface area contributed by atoms with Crippen LogP contribution in [0.15, 0.2) is 42.5 Å².